The van der Waals surface area contributed by atoms with E-state index in [0.29, 0.717) is 23.8 Å². The number of hydrogen-bond donors (Lipinski definition) is 2. The molecule has 2 aliphatic rings. The normalized spacial score (nSPS) is 17.1. The molecule has 1 aliphatic carbocycles. The van der Waals surface area contributed by atoms with Gasteiger partial charge in [-0.05, 0) is 37.5 Å². The molecule has 4 rings (SSSR count). The second kappa shape index (κ2) is 7.53. The molecule has 0 unspecified atom stereocenters. The summed E-state index contributed by atoms with van der Waals surface area (Å²) in [4.78, 5) is 31.4. The first-order chi connectivity index (χ1) is 13.5. The third-order valence-electron chi connectivity index (χ3n) is 5.36. The van der Waals surface area contributed by atoms with Gasteiger partial charge in [0.2, 0.25) is 12.7 Å². The van der Waals surface area contributed by atoms with Crippen LogP contribution in [0.1, 0.15) is 56.2 Å². The molecule has 0 spiro atoms. The Hall–Kier alpha value is -3.03. The highest BCUT2D eigenvalue weighted by atomic mass is 16.7. The van der Waals surface area contributed by atoms with Crippen LogP contribution in [0.4, 0.5) is 0 Å². The summed E-state index contributed by atoms with van der Waals surface area (Å²) in [6.07, 6.45) is 4.75. The summed E-state index contributed by atoms with van der Waals surface area (Å²) in [5.74, 6) is 1.06. The summed E-state index contributed by atoms with van der Waals surface area (Å²) in [5.41, 5.74) is 0.121. The summed E-state index contributed by atoms with van der Waals surface area (Å²) in [6.45, 7) is 2.17. The minimum absolute atomic E-state index is 0.0471. The van der Waals surface area contributed by atoms with Gasteiger partial charge in [-0.1, -0.05) is 25.3 Å². The Morgan fingerprint density at radius 1 is 1.21 bits per heavy atom. The number of aromatic hydroxyl groups is 1. The van der Waals surface area contributed by atoms with E-state index in [-0.39, 0.29) is 24.3 Å². The molecule has 0 atom stereocenters. The van der Waals surface area contributed by atoms with Crippen molar-refractivity contribution in [2.24, 2.45) is 4.99 Å². The summed E-state index contributed by atoms with van der Waals surface area (Å²) in [7, 11) is 0. The maximum absolute atomic E-state index is 12.4. The van der Waals surface area contributed by atoms with Crippen LogP contribution < -0.4 is 20.7 Å². The number of H-pyrrole nitrogens is 1. The first kappa shape index (κ1) is 18.3. The van der Waals surface area contributed by atoms with Crippen LogP contribution in [0, 0.1) is 0 Å². The Morgan fingerprint density at radius 3 is 2.75 bits per heavy atom. The maximum Gasteiger partial charge on any atom is 0.331 e. The molecule has 0 amide bonds. The minimum atomic E-state index is -0.624. The lowest BCUT2D eigenvalue weighted by molar-refractivity contribution is 0.174. The van der Waals surface area contributed by atoms with Gasteiger partial charge in [-0.2, -0.15) is 0 Å². The van der Waals surface area contributed by atoms with Gasteiger partial charge in [0.25, 0.3) is 5.56 Å². The molecule has 1 saturated carbocycles. The highest BCUT2D eigenvalue weighted by Gasteiger charge is 2.24. The van der Waals surface area contributed by atoms with Crippen LogP contribution >= 0.6 is 0 Å². The van der Waals surface area contributed by atoms with Gasteiger partial charge in [0, 0.05) is 6.04 Å². The Labute approximate surface area is 161 Å². The second-order valence-electron chi connectivity index (χ2n) is 7.21. The Morgan fingerprint density at radius 2 is 1.96 bits per heavy atom. The van der Waals surface area contributed by atoms with Gasteiger partial charge in [-0.15, -0.1) is 0 Å². The molecule has 1 aliphatic heterocycles. The lowest BCUT2D eigenvalue weighted by Crippen LogP contribution is -2.36. The van der Waals surface area contributed by atoms with Crippen molar-refractivity contribution < 1.29 is 14.6 Å². The van der Waals surface area contributed by atoms with E-state index in [4.69, 9.17) is 9.47 Å². The molecule has 8 heteroatoms. The Balaban J connectivity index is 1.64. The molecule has 2 N–H and O–H groups in total. The molecule has 2 heterocycles. The van der Waals surface area contributed by atoms with E-state index in [0.717, 1.165) is 37.7 Å². The monoisotopic (exact) mass is 385 g/mol. The summed E-state index contributed by atoms with van der Waals surface area (Å²) >= 11 is 0. The van der Waals surface area contributed by atoms with Gasteiger partial charge in [0.1, 0.15) is 5.56 Å². The number of rotatable bonds is 4. The average Bonchev–Trinajstić information content (AvgIpc) is 3.14. The summed E-state index contributed by atoms with van der Waals surface area (Å²) in [6, 6.07) is 5.43. The van der Waals surface area contributed by atoms with E-state index < -0.39 is 11.2 Å². The fraction of sp³-hybridized carbons (Fsp3) is 0.450. The molecule has 1 fully saturated rings. The number of aromatic nitrogens is 2. The zero-order valence-corrected chi connectivity index (χ0v) is 15.7. The maximum atomic E-state index is 12.4. The number of hydrogen-bond acceptors (Lipinski definition) is 6. The molecular weight excluding hydrogens is 362 g/mol. The van der Waals surface area contributed by atoms with E-state index in [1.165, 1.54) is 4.57 Å². The molecule has 8 nitrogen and oxygen atoms in total. The van der Waals surface area contributed by atoms with Gasteiger partial charge in [-0.3, -0.25) is 19.3 Å². The molecule has 28 heavy (non-hydrogen) atoms. The standard InChI is InChI=1S/C20H23N3O5/c1-12(21-10-13-7-8-15-16(9-13)28-11-27-15)17-18(24)22-20(26)23(19(17)25)14-5-3-2-4-6-14/h7-9,14,25H,2-6,10-11H2,1H3,(H,22,24,26). The van der Waals surface area contributed by atoms with Crippen molar-refractivity contribution in [1.82, 2.24) is 9.55 Å². The van der Waals surface area contributed by atoms with Crippen LogP contribution in [-0.4, -0.2) is 27.2 Å². The van der Waals surface area contributed by atoms with Gasteiger partial charge < -0.3 is 14.6 Å². The minimum Gasteiger partial charge on any atom is -0.494 e. The SMILES string of the molecule is CC(=NCc1ccc2c(c1)OCO2)c1c(O)n(C2CCCCC2)c(=O)[nH]c1=O. The largest absolute Gasteiger partial charge is 0.494 e. The van der Waals surface area contributed by atoms with Crippen LogP contribution in [-0.2, 0) is 6.54 Å². The number of nitrogens with one attached hydrogen (secondary N) is 1. The number of benzene rings is 1. The van der Waals surface area contributed by atoms with Crippen molar-refractivity contribution in [3.63, 3.8) is 0 Å². The van der Waals surface area contributed by atoms with Gasteiger partial charge in [-0.25, -0.2) is 4.79 Å². The van der Waals surface area contributed by atoms with E-state index in [1.54, 1.807) is 6.92 Å². The van der Waals surface area contributed by atoms with Crippen molar-refractivity contribution >= 4 is 5.71 Å². The van der Waals surface area contributed by atoms with Gasteiger partial charge >= 0.3 is 5.69 Å². The summed E-state index contributed by atoms with van der Waals surface area (Å²) < 4.78 is 12.0. The number of aliphatic imine (C=N–C) groups is 1. The molecule has 2 aromatic rings. The van der Waals surface area contributed by atoms with Gasteiger partial charge in [0.05, 0.1) is 12.3 Å². The fourth-order valence-electron chi connectivity index (χ4n) is 3.87. The topological polar surface area (TPSA) is 106 Å². The Kier molecular flexibility index (Phi) is 4.93. The van der Waals surface area contributed by atoms with Gasteiger partial charge in [0.15, 0.2) is 11.5 Å². The van der Waals surface area contributed by atoms with Crippen molar-refractivity contribution in [3.8, 4) is 17.4 Å². The van der Waals surface area contributed by atoms with Crippen LogP contribution in [0.25, 0.3) is 0 Å². The highest BCUT2D eigenvalue weighted by molar-refractivity contribution is 6.00. The second-order valence-corrected chi connectivity index (χ2v) is 7.21. The first-order valence-corrected chi connectivity index (χ1v) is 9.52. The number of fused-ring (bicyclic) bond motifs is 1. The zero-order valence-electron chi connectivity index (χ0n) is 15.7. The van der Waals surface area contributed by atoms with E-state index in [2.05, 4.69) is 9.98 Å². The van der Waals surface area contributed by atoms with Crippen LogP contribution in [0.3, 0.4) is 0 Å². The van der Waals surface area contributed by atoms with Crippen molar-refractivity contribution in [1.29, 1.82) is 0 Å². The smallest absolute Gasteiger partial charge is 0.331 e. The van der Waals surface area contributed by atoms with Crippen LogP contribution in [0.5, 0.6) is 17.4 Å². The zero-order chi connectivity index (χ0) is 19.7. The molecular formula is C20H23N3O5. The third-order valence-corrected chi connectivity index (χ3v) is 5.36. The van der Waals surface area contributed by atoms with E-state index in [1.807, 2.05) is 18.2 Å². The highest BCUT2D eigenvalue weighted by Crippen LogP contribution is 2.33. The molecule has 0 radical (unpaired) electrons. The van der Waals surface area contributed by atoms with E-state index >= 15 is 0 Å². The first-order valence-electron chi connectivity index (χ1n) is 9.52. The lowest BCUT2D eigenvalue weighted by Gasteiger charge is -2.25. The van der Waals surface area contributed by atoms with Crippen LogP contribution in [0.15, 0.2) is 32.8 Å². The summed E-state index contributed by atoms with van der Waals surface area (Å²) in [5, 5.41) is 10.7. The average molecular weight is 385 g/mol. The molecule has 1 aromatic carbocycles. The van der Waals surface area contributed by atoms with Crippen molar-refractivity contribution in [3.05, 3.63) is 50.2 Å². The fourth-order valence-corrected chi connectivity index (χ4v) is 3.87. The number of ether oxygens (including phenoxy) is 2. The molecule has 1 aromatic heterocycles. The third kappa shape index (κ3) is 3.42. The lowest BCUT2D eigenvalue weighted by atomic mass is 9.95. The van der Waals surface area contributed by atoms with Crippen LogP contribution in [0.2, 0.25) is 0 Å². The predicted octanol–water partition coefficient (Wildman–Crippen LogP) is 2.49. The quantitative estimate of drug-likeness (QED) is 0.787. The van der Waals surface area contributed by atoms with E-state index in [9.17, 15) is 14.7 Å². The molecule has 0 bridgehead atoms. The van der Waals surface area contributed by atoms with Crippen molar-refractivity contribution in [2.75, 3.05) is 6.79 Å². The predicted molar refractivity (Wildman–Crippen MR) is 104 cm³/mol. The Bertz CT molecular complexity index is 1030. The molecule has 0 saturated heterocycles. The van der Waals surface area contributed by atoms with Crippen molar-refractivity contribution in [2.45, 2.75) is 51.6 Å². The number of aromatic amines is 1. The molecule has 148 valence electrons. The number of nitrogens with zero attached hydrogens (tertiary/aromatic N) is 2.